The van der Waals surface area contributed by atoms with Crippen molar-refractivity contribution in [3.8, 4) is 0 Å². The first kappa shape index (κ1) is 23.2. The van der Waals surface area contributed by atoms with Crippen LogP contribution in [-0.2, 0) is 22.7 Å². The van der Waals surface area contributed by atoms with E-state index in [2.05, 4.69) is 35.3 Å². The number of rotatable bonds is 8. The number of sulfonamides is 1. The van der Waals surface area contributed by atoms with Gasteiger partial charge in [0.1, 0.15) is 23.0 Å². The molecule has 3 N–H and O–H groups in total. The number of alkyl halides is 3. The summed E-state index contributed by atoms with van der Waals surface area (Å²) in [6, 6.07) is 8.72. The standard InChI is InChI=1S/C19H20F3N7O2S/c1-3-32(30,31)29-16-13(9-23-12(2)26-16)10-24-17-15(19(20,21)22)11-25-18(28-17)27-14-7-5-4-6-8-14/h4-9,11H,3,10H2,1-2H3,(H,23,26,29)(H2,24,25,27,28). The average molecular weight is 467 g/mol. The topological polar surface area (TPSA) is 122 Å². The lowest BCUT2D eigenvalue weighted by Crippen LogP contribution is -2.19. The third-order valence-corrected chi connectivity index (χ3v) is 5.45. The van der Waals surface area contributed by atoms with Crippen molar-refractivity contribution < 1.29 is 21.6 Å². The van der Waals surface area contributed by atoms with Gasteiger partial charge < -0.3 is 10.6 Å². The number of aryl methyl sites for hydroxylation is 1. The maximum absolute atomic E-state index is 13.5. The summed E-state index contributed by atoms with van der Waals surface area (Å²) < 4.78 is 66.6. The zero-order valence-corrected chi connectivity index (χ0v) is 17.9. The Kier molecular flexibility index (Phi) is 6.77. The minimum absolute atomic E-state index is 0.0166. The van der Waals surface area contributed by atoms with Gasteiger partial charge in [0.05, 0.1) is 5.75 Å². The van der Waals surface area contributed by atoms with Gasteiger partial charge in [0, 0.05) is 30.2 Å². The average Bonchev–Trinajstić information content (AvgIpc) is 2.73. The molecule has 0 atom stereocenters. The van der Waals surface area contributed by atoms with E-state index in [-0.39, 0.29) is 29.6 Å². The molecule has 0 unspecified atom stereocenters. The van der Waals surface area contributed by atoms with Crippen molar-refractivity contribution in [2.45, 2.75) is 26.6 Å². The second-order valence-corrected chi connectivity index (χ2v) is 8.61. The van der Waals surface area contributed by atoms with Crippen molar-refractivity contribution in [2.24, 2.45) is 0 Å². The van der Waals surface area contributed by atoms with Crippen LogP contribution in [0.3, 0.4) is 0 Å². The zero-order valence-electron chi connectivity index (χ0n) is 17.1. The Morgan fingerprint density at radius 1 is 1.00 bits per heavy atom. The molecule has 3 rings (SSSR count). The SMILES string of the molecule is CCS(=O)(=O)Nc1nc(C)ncc1CNc1nc(Nc2ccccc2)ncc1C(F)(F)F. The molecule has 0 saturated heterocycles. The first-order chi connectivity index (χ1) is 15.1. The van der Waals surface area contributed by atoms with Gasteiger partial charge in [-0.25, -0.2) is 23.4 Å². The molecule has 1 aromatic carbocycles. The minimum Gasteiger partial charge on any atom is -0.365 e. The van der Waals surface area contributed by atoms with E-state index in [9.17, 15) is 21.6 Å². The molecule has 32 heavy (non-hydrogen) atoms. The molecule has 0 bridgehead atoms. The van der Waals surface area contributed by atoms with Gasteiger partial charge in [0.2, 0.25) is 16.0 Å². The molecule has 0 radical (unpaired) electrons. The van der Waals surface area contributed by atoms with E-state index in [0.29, 0.717) is 17.7 Å². The van der Waals surface area contributed by atoms with Gasteiger partial charge in [0.25, 0.3) is 0 Å². The second kappa shape index (κ2) is 9.34. The number of para-hydroxylation sites is 1. The summed E-state index contributed by atoms with van der Waals surface area (Å²) in [4.78, 5) is 15.8. The molecule has 2 heterocycles. The highest BCUT2D eigenvalue weighted by Gasteiger charge is 2.35. The molecule has 0 aliphatic rings. The van der Waals surface area contributed by atoms with Gasteiger partial charge in [-0.1, -0.05) is 18.2 Å². The number of hydrogen-bond donors (Lipinski definition) is 3. The van der Waals surface area contributed by atoms with E-state index in [1.54, 1.807) is 37.3 Å². The summed E-state index contributed by atoms with van der Waals surface area (Å²) in [5, 5.41) is 5.43. The van der Waals surface area contributed by atoms with Gasteiger partial charge in [-0.05, 0) is 26.0 Å². The summed E-state index contributed by atoms with van der Waals surface area (Å²) in [5.74, 6) is -0.428. The first-order valence-corrected chi connectivity index (χ1v) is 11.1. The van der Waals surface area contributed by atoms with Crippen LogP contribution in [0.4, 0.5) is 36.4 Å². The number of anilines is 4. The second-order valence-electron chi connectivity index (χ2n) is 6.59. The van der Waals surface area contributed by atoms with Gasteiger partial charge in [-0.3, -0.25) is 4.72 Å². The summed E-state index contributed by atoms with van der Waals surface area (Å²) >= 11 is 0. The molecule has 3 aromatic rings. The molecule has 13 heteroatoms. The van der Waals surface area contributed by atoms with Crippen molar-refractivity contribution >= 4 is 33.3 Å². The maximum atomic E-state index is 13.5. The molecular formula is C19H20F3N7O2S. The lowest BCUT2D eigenvalue weighted by Gasteiger charge is -2.16. The number of halogens is 3. The summed E-state index contributed by atoms with van der Waals surface area (Å²) in [6.07, 6.45) is -2.70. The van der Waals surface area contributed by atoms with Crippen LogP contribution in [0, 0.1) is 6.92 Å². The number of hydrogen-bond acceptors (Lipinski definition) is 8. The van der Waals surface area contributed by atoms with Gasteiger partial charge >= 0.3 is 6.18 Å². The predicted octanol–water partition coefficient (Wildman–Crippen LogP) is 3.71. The lowest BCUT2D eigenvalue weighted by molar-refractivity contribution is -0.137. The Morgan fingerprint density at radius 3 is 2.38 bits per heavy atom. The fraction of sp³-hybridized carbons (Fsp3) is 0.263. The minimum atomic E-state index is -4.70. The highest BCUT2D eigenvalue weighted by Crippen LogP contribution is 2.34. The van der Waals surface area contributed by atoms with Crippen LogP contribution in [0.25, 0.3) is 0 Å². The van der Waals surface area contributed by atoms with Crippen LogP contribution in [0.5, 0.6) is 0 Å². The van der Waals surface area contributed by atoms with Crippen molar-refractivity contribution in [1.82, 2.24) is 19.9 Å². The van der Waals surface area contributed by atoms with Crippen molar-refractivity contribution in [2.75, 3.05) is 21.1 Å². The molecule has 9 nitrogen and oxygen atoms in total. The van der Waals surface area contributed by atoms with E-state index in [1.165, 1.54) is 13.1 Å². The lowest BCUT2D eigenvalue weighted by atomic mass is 10.2. The smallest absolute Gasteiger partial charge is 0.365 e. The molecule has 0 aliphatic carbocycles. The molecule has 170 valence electrons. The third-order valence-electron chi connectivity index (χ3n) is 4.19. The van der Waals surface area contributed by atoms with Gasteiger partial charge in [-0.2, -0.15) is 18.2 Å². The van der Waals surface area contributed by atoms with Crippen LogP contribution in [0.1, 0.15) is 23.9 Å². The van der Waals surface area contributed by atoms with Crippen LogP contribution >= 0.6 is 0 Å². The highest BCUT2D eigenvalue weighted by atomic mass is 32.2. The van der Waals surface area contributed by atoms with E-state index >= 15 is 0 Å². The van der Waals surface area contributed by atoms with E-state index in [1.807, 2.05) is 0 Å². The number of benzene rings is 1. The van der Waals surface area contributed by atoms with Crippen LogP contribution in [0.15, 0.2) is 42.7 Å². The van der Waals surface area contributed by atoms with Crippen molar-refractivity contribution in [1.29, 1.82) is 0 Å². The van der Waals surface area contributed by atoms with Crippen molar-refractivity contribution in [3.63, 3.8) is 0 Å². The highest BCUT2D eigenvalue weighted by molar-refractivity contribution is 7.92. The Labute approximate surface area is 182 Å². The molecular weight excluding hydrogens is 447 g/mol. The number of aromatic nitrogens is 4. The molecule has 2 aromatic heterocycles. The fourth-order valence-electron chi connectivity index (χ4n) is 2.55. The Morgan fingerprint density at radius 2 is 1.72 bits per heavy atom. The Balaban J connectivity index is 1.90. The first-order valence-electron chi connectivity index (χ1n) is 9.40. The Hall–Kier alpha value is -3.48. The molecule has 0 spiro atoms. The number of nitrogens with zero attached hydrogens (tertiary/aromatic N) is 4. The summed E-state index contributed by atoms with van der Waals surface area (Å²) in [6.45, 7) is 2.80. The molecule has 0 fully saturated rings. The third kappa shape index (κ3) is 6.03. The Bertz CT molecular complexity index is 1190. The molecule has 0 aliphatic heterocycles. The van der Waals surface area contributed by atoms with E-state index < -0.39 is 27.6 Å². The monoisotopic (exact) mass is 467 g/mol. The summed E-state index contributed by atoms with van der Waals surface area (Å²) in [7, 11) is -3.65. The van der Waals surface area contributed by atoms with E-state index in [4.69, 9.17) is 0 Å². The quantitative estimate of drug-likeness (QED) is 0.458. The van der Waals surface area contributed by atoms with Gasteiger partial charge in [0.15, 0.2) is 0 Å². The summed E-state index contributed by atoms with van der Waals surface area (Å²) in [5.41, 5.74) is -0.224. The normalized spacial score (nSPS) is 11.8. The fourth-order valence-corrected chi connectivity index (χ4v) is 3.16. The van der Waals surface area contributed by atoms with Gasteiger partial charge in [-0.15, -0.1) is 0 Å². The zero-order chi connectivity index (χ0) is 23.4. The van der Waals surface area contributed by atoms with Crippen molar-refractivity contribution in [3.05, 3.63) is 59.7 Å². The molecule has 0 amide bonds. The predicted molar refractivity (Wildman–Crippen MR) is 114 cm³/mol. The van der Waals surface area contributed by atoms with Crippen LogP contribution in [-0.4, -0.2) is 34.1 Å². The largest absolute Gasteiger partial charge is 0.421 e. The van der Waals surface area contributed by atoms with Crippen LogP contribution in [0.2, 0.25) is 0 Å². The van der Waals surface area contributed by atoms with Crippen LogP contribution < -0.4 is 15.4 Å². The number of nitrogens with one attached hydrogen (secondary N) is 3. The maximum Gasteiger partial charge on any atom is 0.421 e. The molecule has 0 saturated carbocycles. The van der Waals surface area contributed by atoms with E-state index in [0.717, 1.165) is 0 Å².